The molecular formula is C11H5Cl3NO2S. The molecule has 0 saturated heterocycles. The normalized spacial score (nSPS) is 10.4. The summed E-state index contributed by atoms with van der Waals surface area (Å²) in [4.78, 5) is 14.9. The minimum Gasteiger partial charge on any atom is -0.451 e. The Hall–Kier alpha value is -0.810. The number of rotatable bonds is 4. The van der Waals surface area contributed by atoms with Crippen LogP contribution in [0, 0.1) is 0 Å². The Morgan fingerprint density at radius 3 is 2.56 bits per heavy atom. The van der Waals surface area contributed by atoms with Gasteiger partial charge in [0.25, 0.3) is 0 Å². The molecule has 18 heavy (non-hydrogen) atoms. The number of thiazole rings is 1. The second-order valence-corrected chi connectivity index (χ2v) is 5.61. The number of aromatic nitrogens is 1. The third kappa shape index (κ3) is 2.95. The second kappa shape index (κ2) is 5.89. The molecule has 0 saturated carbocycles. The van der Waals surface area contributed by atoms with Gasteiger partial charge in [-0.2, -0.15) is 0 Å². The number of ether oxygens (including phenoxy) is 1. The van der Waals surface area contributed by atoms with Gasteiger partial charge in [-0.05, 0) is 12.1 Å². The first-order valence-electron chi connectivity index (χ1n) is 4.70. The van der Waals surface area contributed by atoms with Gasteiger partial charge in [-0.3, -0.25) is 0 Å². The maximum absolute atomic E-state index is 9.98. The summed E-state index contributed by atoms with van der Waals surface area (Å²) >= 11 is 19.3. The van der Waals surface area contributed by atoms with E-state index in [-0.39, 0.29) is 6.61 Å². The SMILES string of the molecule is O=[C]OCc1cnc(-c2c(Cl)cc(Cl)cc2Cl)s1. The lowest BCUT2D eigenvalue weighted by atomic mass is 10.2. The molecule has 1 radical (unpaired) electrons. The van der Waals surface area contributed by atoms with Gasteiger partial charge in [0.15, 0.2) is 0 Å². The first-order valence-corrected chi connectivity index (χ1v) is 6.65. The van der Waals surface area contributed by atoms with Crippen LogP contribution in [0.5, 0.6) is 0 Å². The highest BCUT2D eigenvalue weighted by atomic mass is 35.5. The third-order valence-electron chi connectivity index (χ3n) is 2.05. The zero-order chi connectivity index (χ0) is 13.1. The number of carbonyl (C=O) groups excluding carboxylic acids is 1. The van der Waals surface area contributed by atoms with E-state index in [1.807, 2.05) is 0 Å². The van der Waals surface area contributed by atoms with Crippen LogP contribution in [-0.4, -0.2) is 11.5 Å². The molecule has 0 bridgehead atoms. The van der Waals surface area contributed by atoms with Crippen molar-refractivity contribution < 1.29 is 9.53 Å². The van der Waals surface area contributed by atoms with Crippen LogP contribution in [0.15, 0.2) is 18.3 Å². The summed E-state index contributed by atoms with van der Waals surface area (Å²) in [5.74, 6) is 0. The summed E-state index contributed by atoms with van der Waals surface area (Å²) in [6, 6.07) is 3.20. The molecule has 0 unspecified atom stereocenters. The quantitative estimate of drug-likeness (QED) is 0.840. The van der Waals surface area contributed by atoms with Crippen LogP contribution in [0.25, 0.3) is 10.6 Å². The zero-order valence-electron chi connectivity index (χ0n) is 8.75. The van der Waals surface area contributed by atoms with Crippen molar-refractivity contribution in [2.75, 3.05) is 0 Å². The minimum atomic E-state index is 0.129. The van der Waals surface area contributed by atoms with Crippen LogP contribution in [-0.2, 0) is 16.1 Å². The van der Waals surface area contributed by atoms with Crippen LogP contribution in [0.4, 0.5) is 0 Å². The van der Waals surface area contributed by atoms with E-state index in [1.165, 1.54) is 17.8 Å². The summed E-state index contributed by atoms with van der Waals surface area (Å²) in [7, 11) is 0. The molecule has 1 aromatic heterocycles. The van der Waals surface area contributed by atoms with E-state index in [1.54, 1.807) is 18.3 Å². The summed E-state index contributed by atoms with van der Waals surface area (Å²) in [6.07, 6.45) is 1.60. The van der Waals surface area contributed by atoms with Crippen molar-refractivity contribution in [1.82, 2.24) is 4.98 Å². The molecule has 93 valence electrons. The number of nitrogens with zero attached hydrogens (tertiary/aromatic N) is 1. The molecule has 0 amide bonds. The molecule has 7 heteroatoms. The summed E-state index contributed by atoms with van der Waals surface area (Å²) < 4.78 is 4.53. The van der Waals surface area contributed by atoms with Crippen molar-refractivity contribution in [3.05, 3.63) is 38.3 Å². The van der Waals surface area contributed by atoms with E-state index in [4.69, 9.17) is 34.8 Å². The van der Waals surface area contributed by atoms with E-state index in [0.29, 0.717) is 25.6 Å². The average molecular weight is 322 g/mol. The van der Waals surface area contributed by atoms with Crippen LogP contribution in [0.2, 0.25) is 15.1 Å². The lowest BCUT2D eigenvalue weighted by molar-refractivity contribution is 0.270. The maximum Gasteiger partial charge on any atom is 0.417 e. The smallest absolute Gasteiger partial charge is 0.417 e. The number of benzene rings is 1. The highest BCUT2D eigenvalue weighted by Crippen LogP contribution is 2.38. The first kappa shape index (κ1) is 13.6. The van der Waals surface area contributed by atoms with Crippen LogP contribution in [0.1, 0.15) is 4.88 Å². The zero-order valence-corrected chi connectivity index (χ0v) is 11.8. The van der Waals surface area contributed by atoms with E-state index < -0.39 is 0 Å². The molecule has 0 aliphatic heterocycles. The molecule has 0 aliphatic rings. The van der Waals surface area contributed by atoms with Crippen molar-refractivity contribution in [2.45, 2.75) is 6.61 Å². The lowest BCUT2D eigenvalue weighted by Gasteiger charge is -2.04. The van der Waals surface area contributed by atoms with E-state index >= 15 is 0 Å². The maximum atomic E-state index is 9.98. The Morgan fingerprint density at radius 2 is 1.94 bits per heavy atom. The lowest BCUT2D eigenvalue weighted by Crippen LogP contribution is -1.84. The van der Waals surface area contributed by atoms with Crippen LogP contribution >= 0.6 is 46.1 Å². The fraction of sp³-hybridized carbons (Fsp3) is 0.0909. The summed E-state index contributed by atoms with van der Waals surface area (Å²) in [5, 5.41) is 1.96. The molecule has 2 rings (SSSR count). The Kier molecular flexibility index (Phi) is 4.45. The molecule has 1 aromatic carbocycles. The van der Waals surface area contributed by atoms with Crippen molar-refractivity contribution >= 4 is 52.6 Å². The molecule has 0 spiro atoms. The van der Waals surface area contributed by atoms with E-state index in [2.05, 4.69) is 9.72 Å². The largest absolute Gasteiger partial charge is 0.451 e. The Balaban J connectivity index is 2.37. The summed E-state index contributed by atoms with van der Waals surface area (Å²) in [5.41, 5.74) is 0.620. The average Bonchev–Trinajstić information content (AvgIpc) is 2.73. The molecule has 3 nitrogen and oxygen atoms in total. The van der Waals surface area contributed by atoms with Gasteiger partial charge < -0.3 is 4.74 Å². The van der Waals surface area contributed by atoms with Crippen LogP contribution in [0.3, 0.4) is 0 Å². The van der Waals surface area contributed by atoms with Crippen molar-refractivity contribution in [2.24, 2.45) is 0 Å². The molecule has 0 aliphatic carbocycles. The van der Waals surface area contributed by atoms with Crippen molar-refractivity contribution in [3.8, 4) is 10.6 Å². The second-order valence-electron chi connectivity index (χ2n) is 3.25. The minimum absolute atomic E-state index is 0.129. The topological polar surface area (TPSA) is 39.2 Å². The molecule has 0 atom stereocenters. The highest BCUT2D eigenvalue weighted by molar-refractivity contribution is 7.15. The van der Waals surface area contributed by atoms with Gasteiger partial charge >= 0.3 is 6.47 Å². The summed E-state index contributed by atoms with van der Waals surface area (Å²) in [6.45, 7) is 1.48. The van der Waals surface area contributed by atoms with Gasteiger partial charge in [0.05, 0.1) is 14.9 Å². The monoisotopic (exact) mass is 320 g/mol. The van der Waals surface area contributed by atoms with E-state index in [0.717, 1.165) is 4.88 Å². The predicted molar refractivity (Wildman–Crippen MR) is 73.1 cm³/mol. The Labute approximate surface area is 122 Å². The number of hydrogen-bond donors (Lipinski definition) is 0. The standard InChI is InChI=1S/C11H5Cl3NO2S/c12-6-1-8(13)10(9(14)2-6)11-15-3-7(18-11)4-17-5-16/h1-3H,4H2. The molecular weight excluding hydrogens is 317 g/mol. The molecule has 0 N–H and O–H groups in total. The van der Waals surface area contributed by atoms with Gasteiger partial charge in [-0.1, -0.05) is 34.8 Å². The Bertz CT molecular complexity index is 562. The fourth-order valence-corrected chi connectivity index (χ4v) is 3.34. The van der Waals surface area contributed by atoms with Crippen LogP contribution < -0.4 is 0 Å². The highest BCUT2D eigenvalue weighted by Gasteiger charge is 2.14. The Morgan fingerprint density at radius 1 is 1.28 bits per heavy atom. The van der Waals surface area contributed by atoms with Gasteiger partial charge in [0, 0.05) is 16.8 Å². The van der Waals surface area contributed by atoms with Gasteiger partial charge in [-0.15, -0.1) is 11.3 Å². The van der Waals surface area contributed by atoms with Crippen molar-refractivity contribution in [3.63, 3.8) is 0 Å². The number of hydrogen-bond acceptors (Lipinski definition) is 4. The van der Waals surface area contributed by atoms with Gasteiger partial charge in [-0.25, -0.2) is 9.78 Å². The molecule has 1 heterocycles. The number of halogens is 3. The third-order valence-corrected chi connectivity index (χ3v) is 3.85. The van der Waals surface area contributed by atoms with Gasteiger partial charge in [0.2, 0.25) is 0 Å². The molecule has 0 fully saturated rings. The van der Waals surface area contributed by atoms with Gasteiger partial charge in [0.1, 0.15) is 11.6 Å². The fourth-order valence-electron chi connectivity index (χ4n) is 1.34. The van der Waals surface area contributed by atoms with E-state index in [9.17, 15) is 4.79 Å². The first-order chi connectivity index (χ1) is 8.61. The molecule has 2 aromatic rings. The predicted octanol–water partition coefficient (Wildman–Crippen LogP) is 4.35. The van der Waals surface area contributed by atoms with Crippen molar-refractivity contribution in [1.29, 1.82) is 0 Å².